The van der Waals surface area contributed by atoms with Crippen LogP contribution in [0.25, 0.3) is 0 Å². The number of rotatable bonds is 4. The van der Waals surface area contributed by atoms with Crippen LogP contribution < -0.4 is 0 Å². The van der Waals surface area contributed by atoms with Gasteiger partial charge in [-0.05, 0) is 39.2 Å². The molecule has 3 atom stereocenters. The molecular formula is C17H27N3O3. The number of ether oxygens (including phenoxy) is 1. The summed E-state index contributed by atoms with van der Waals surface area (Å²) < 4.78 is 6.92. The van der Waals surface area contributed by atoms with Gasteiger partial charge >= 0.3 is 5.97 Å². The molecule has 0 radical (unpaired) electrons. The lowest BCUT2D eigenvalue weighted by molar-refractivity contribution is 0.000603. The minimum Gasteiger partial charge on any atom is -0.462 e. The molecule has 1 aromatic heterocycles. The van der Waals surface area contributed by atoms with Gasteiger partial charge in [0, 0.05) is 18.8 Å². The number of piperidine rings is 1. The van der Waals surface area contributed by atoms with E-state index in [1.165, 1.54) is 6.42 Å². The van der Waals surface area contributed by atoms with Crippen molar-refractivity contribution in [2.24, 2.45) is 0 Å². The molecule has 2 fully saturated rings. The molecule has 1 aliphatic carbocycles. The molecule has 3 unspecified atom stereocenters. The third kappa shape index (κ3) is 3.75. The van der Waals surface area contributed by atoms with Gasteiger partial charge in [-0.15, -0.1) is 0 Å². The van der Waals surface area contributed by atoms with E-state index in [9.17, 15) is 9.90 Å². The second kappa shape index (κ2) is 7.45. The van der Waals surface area contributed by atoms with Gasteiger partial charge in [0.15, 0.2) is 0 Å². The number of likely N-dealkylation sites (tertiary alicyclic amines) is 1. The minimum atomic E-state index is -0.311. The fourth-order valence-corrected chi connectivity index (χ4v) is 3.88. The molecular weight excluding hydrogens is 294 g/mol. The zero-order valence-corrected chi connectivity index (χ0v) is 13.9. The molecule has 0 amide bonds. The lowest BCUT2D eigenvalue weighted by Gasteiger charge is -2.42. The van der Waals surface area contributed by atoms with Crippen molar-refractivity contribution < 1.29 is 14.6 Å². The SMILES string of the molecule is CCOC(=O)c1cnn(C2CCCN(C3CCCCC3O)C2)c1. The molecule has 1 saturated heterocycles. The summed E-state index contributed by atoms with van der Waals surface area (Å²) in [4.78, 5) is 14.2. The number of carbonyl (C=O) groups is 1. The summed E-state index contributed by atoms with van der Waals surface area (Å²) in [6.45, 7) is 4.12. The molecule has 1 aliphatic heterocycles. The first-order valence-electron chi connectivity index (χ1n) is 8.82. The van der Waals surface area contributed by atoms with Crippen LogP contribution in [0.2, 0.25) is 0 Å². The van der Waals surface area contributed by atoms with Gasteiger partial charge in [-0.3, -0.25) is 9.58 Å². The van der Waals surface area contributed by atoms with Crippen molar-refractivity contribution in [1.29, 1.82) is 0 Å². The number of carbonyl (C=O) groups excluding carboxylic acids is 1. The fourth-order valence-electron chi connectivity index (χ4n) is 3.88. The Morgan fingerprint density at radius 2 is 2.17 bits per heavy atom. The van der Waals surface area contributed by atoms with Crippen molar-refractivity contribution in [3.63, 3.8) is 0 Å². The molecule has 1 aromatic rings. The summed E-state index contributed by atoms with van der Waals surface area (Å²) in [5.41, 5.74) is 0.515. The summed E-state index contributed by atoms with van der Waals surface area (Å²) >= 11 is 0. The minimum absolute atomic E-state index is 0.199. The molecule has 6 nitrogen and oxygen atoms in total. The maximum absolute atomic E-state index is 11.8. The smallest absolute Gasteiger partial charge is 0.341 e. The molecule has 1 N–H and O–H groups in total. The molecule has 2 aliphatic rings. The van der Waals surface area contributed by atoms with E-state index in [4.69, 9.17) is 4.74 Å². The van der Waals surface area contributed by atoms with Crippen molar-refractivity contribution in [3.05, 3.63) is 18.0 Å². The number of hydrogen-bond acceptors (Lipinski definition) is 5. The average Bonchev–Trinajstić information content (AvgIpc) is 3.06. The van der Waals surface area contributed by atoms with Crippen molar-refractivity contribution in [2.75, 3.05) is 19.7 Å². The zero-order chi connectivity index (χ0) is 16.2. The number of aromatic nitrogens is 2. The predicted octanol–water partition coefficient (Wildman–Crippen LogP) is 2.00. The number of hydrogen-bond donors (Lipinski definition) is 1. The van der Waals surface area contributed by atoms with Gasteiger partial charge in [-0.2, -0.15) is 5.10 Å². The highest BCUT2D eigenvalue weighted by Crippen LogP contribution is 2.29. The van der Waals surface area contributed by atoms with Crippen LogP contribution in [-0.2, 0) is 4.74 Å². The van der Waals surface area contributed by atoms with E-state index in [2.05, 4.69) is 10.00 Å². The van der Waals surface area contributed by atoms with Crippen molar-refractivity contribution in [2.45, 2.75) is 63.6 Å². The van der Waals surface area contributed by atoms with E-state index in [1.54, 1.807) is 19.3 Å². The van der Waals surface area contributed by atoms with Crippen LogP contribution >= 0.6 is 0 Å². The molecule has 6 heteroatoms. The third-order valence-corrected chi connectivity index (χ3v) is 5.08. The van der Waals surface area contributed by atoms with Crippen LogP contribution in [0.3, 0.4) is 0 Å². The van der Waals surface area contributed by atoms with Crippen LogP contribution in [0.15, 0.2) is 12.4 Å². The summed E-state index contributed by atoms with van der Waals surface area (Å²) in [7, 11) is 0. The van der Waals surface area contributed by atoms with Crippen molar-refractivity contribution >= 4 is 5.97 Å². The summed E-state index contributed by atoms with van der Waals surface area (Å²) in [5.74, 6) is -0.311. The molecule has 0 bridgehead atoms. The van der Waals surface area contributed by atoms with Crippen LogP contribution in [-0.4, -0.2) is 57.6 Å². The first-order valence-corrected chi connectivity index (χ1v) is 8.82. The van der Waals surface area contributed by atoms with Gasteiger partial charge in [0.1, 0.15) is 0 Å². The van der Waals surface area contributed by atoms with Gasteiger partial charge in [-0.1, -0.05) is 12.8 Å². The van der Waals surface area contributed by atoms with Crippen LogP contribution in [0.1, 0.15) is 61.8 Å². The molecule has 2 heterocycles. The van der Waals surface area contributed by atoms with E-state index >= 15 is 0 Å². The molecule has 128 valence electrons. The second-order valence-electron chi connectivity index (χ2n) is 6.64. The summed E-state index contributed by atoms with van der Waals surface area (Å²) in [6.07, 6.45) is 9.69. The Morgan fingerprint density at radius 1 is 1.35 bits per heavy atom. The monoisotopic (exact) mass is 321 g/mol. The van der Waals surface area contributed by atoms with Crippen LogP contribution in [0.5, 0.6) is 0 Å². The lowest BCUT2D eigenvalue weighted by atomic mass is 9.89. The van der Waals surface area contributed by atoms with Crippen LogP contribution in [0.4, 0.5) is 0 Å². The Balaban J connectivity index is 1.65. The van der Waals surface area contributed by atoms with E-state index in [1.807, 2.05) is 4.68 Å². The maximum Gasteiger partial charge on any atom is 0.341 e. The van der Waals surface area contributed by atoms with Gasteiger partial charge in [0.25, 0.3) is 0 Å². The van der Waals surface area contributed by atoms with Gasteiger partial charge in [-0.25, -0.2) is 4.79 Å². The average molecular weight is 321 g/mol. The van der Waals surface area contributed by atoms with Gasteiger partial charge in [0.2, 0.25) is 0 Å². The van der Waals surface area contributed by atoms with Crippen molar-refractivity contribution in [1.82, 2.24) is 14.7 Å². The normalized spacial score (nSPS) is 29.4. The summed E-state index contributed by atoms with van der Waals surface area (Å²) in [5, 5.41) is 14.7. The van der Waals surface area contributed by atoms with E-state index in [0.29, 0.717) is 12.2 Å². The van der Waals surface area contributed by atoms with Crippen molar-refractivity contribution in [3.8, 4) is 0 Å². The first kappa shape index (κ1) is 16.5. The Labute approximate surface area is 137 Å². The highest BCUT2D eigenvalue weighted by atomic mass is 16.5. The molecule has 0 spiro atoms. The number of nitrogens with zero attached hydrogens (tertiary/aromatic N) is 3. The molecule has 3 rings (SSSR count). The predicted molar refractivity (Wildman–Crippen MR) is 86.3 cm³/mol. The van der Waals surface area contributed by atoms with Crippen LogP contribution in [0, 0.1) is 0 Å². The van der Waals surface area contributed by atoms with E-state index in [0.717, 1.165) is 45.2 Å². The Morgan fingerprint density at radius 3 is 2.96 bits per heavy atom. The summed E-state index contributed by atoms with van der Waals surface area (Å²) in [6, 6.07) is 0.549. The largest absolute Gasteiger partial charge is 0.462 e. The number of aliphatic hydroxyl groups is 1. The Kier molecular flexibility index (Phi) is 5.33. The number of esters is 1. The van der Waals surface area contributed by atoms with E-state index in [-0.39, 0.29) is 24.2 Å². The van der Waals surface area contributed by atoms with E-state index < -0.39 is 0 Å². The highest BCUT2D eigenvalue weighted by Gasteiger charge is 2.32. The fraction of sp³-hybridized carbons (Fsp3) is 0.765. The topological polar surface area (TPSA) is 67.6 Å². The molecule has 0 aromatic carbocycles. The molecule has 23 heavy (non-hydrogen) atoms. The highest BCUT2D eigenvalue weighted by molar-refractivity contribution is 5.88. The third-order valence-electron chi connectivity index (χ3n) is 5.08. The standard InChI is InChI=1S/C17H27N3O3/c1-2-23-17(22)13-10-18-20(11-13)14-6-5-9-19(12-14)15-7-3-4-8-16(15)21/h10-11,14-16,21H,2-9,12H2,1H3. The zero-order valence-electron chi connectivity index (χ0n) is 13.9. The second-order valence-corrected chi connectivity index (χ2v) is 6.64. The van der Waals surface area contributed by atoms with Gasteiger partial charge < -0.3 is 9.84 Å². The maximum atomic E-state index is 11.8. The Bertz CT molecular complexity index is 531. The first-order chi connectivity index (χ1) is 11.2. The lowest BCUT2D eigenvalue weighted by Crippen LogP contribution is -2.50. The molecule has 1 saturated carbocycles. The quantitative estimate of drug-likeness (QED) is 0.859. The number of aliphatic hydroxyl groups excluding tert-OH is 1. The van der Waals surface area contributed by atoms with Gasteiger partial charge in [0.05, 0.1) is 30.5 Å². The Hall–Kier alpha value is -1.40.